The fraction of sp³-hybridized carbons (Fsp3) is 0.500. The quantitative estimate of drug-likeness (QED) is 0.237. The standard InChI is InChI=1S/C20H25N3O5S/c1-13-17(19(24)28-12-11-27-2)18(14-7-9-16(10-8-14)23(25)26)21-20(29)22(13)15-5-3-4-6-15/h7-10,15,18H,3-6,11-12H2,1-2H3,(H,21,29)/t18-/m1/s1. The summed E-state index contributed by atoms with van der Waals surface area (Å²) in [5.74, 6) is -0.444. The van der Waals surface area contributed by atoms with Gasteiger partial charge < -0.3 is 19.7 Å². The van der Waals surface area contributed by atoms with Gasteiger partial charge in [0.05, 0.1) is 23.1 Å². The van der Waals surface area contributed by atoms with Gasteiger partial charge in [0.15, 0.2) is 5.11 Å². The highest BCUT2D eigenvalue weighted by Crippen LogP contribution is 2.36. The maximum absolute atomic E-state index is 13.0. The van der Waals surface area contributed by atoms with Crippen LogP contribution in [-0.4, -0.2) is 47.3 Å². The first-order valence-electron chi connectivity index (χ1n) is 9.65. The van der Waals surface area contributed by atoms with E-state index >= 15 is 0 Å². The molecule has 0 aromatic heterocycles. The highest BCUT2D eigenvalue weighted by atomic mass is 32.1. The molecular formula is C20H25N3O5S. The van der Waals surface area contributed by atoms with Gasteiger partial charge in [-0.3, -0.25) is 10.1 Å². The third kappa shape index (κ3) is 4.56. The minimum atomic E-state index is -0.531. The van der Waals surface area contributed by atoms with E-state index in [0.29, 0.717) is 22.9 Å². The number of rotatable bonds is 7. The number of ether oxygens (including phenoxy) is 2. The van der Waals surface area contributed by atoms with Crippen LogP contribution in [0.1, 0.15) is 44.2 Å². The molecule has 0 spiro atoms. The lowest BCUT2D eigenvalue weighted by atomic mass is 9.94. The SMILES string of the molecule is COCCOC(=O)C1=C(C)N(C2CCCC2)C(=S)N[C@@H]1c1ccc([N+](=O)[O-])cc1. The normalized spacial score (nSPS) is 20.0. The van der Waals surface area contributed by atoms with Gasteiger partial charge in [-0.2, -0.15) is 0 Å². The van der Waals surface area contributed by atoms with Gasteiger partial charge in [-0.05, 0) is 49.7 Å². The Labute approximate surface area is 175 Å². The van der Waals surface area contributed by atoms with E-state index in [1.54, 1.807) is 19.2 Å². The molecule has 1 saturated carbocycles. The van der Waals surface area contributed by atoms with Gasteiger partial charge in [-0.1, -0.05) is 12.8 Å². The highest BCUT2D eigenvalue weighted by molar-refractivity contribution is 7.80. The summed E-state index contributed by atoms with van der Waals surface area (Å²) in [4.78, 5) is 25.5. The zero-order valence-corrected chi connectivity index (χ0v) is 17.4. The van der Waals surface area contributed by atoms with E-state index in [2.05, 4.69) is 5.32 Å². The molecule has 156 valence electrons. The first-order chi connectivity index (χ1) is 13.9. The van der Waals surface area contributed by atoms with Crippen molar-refractivity contribution < 1.29 is 19.2 Å². The van der Waals surface area contributed by atoms with Gasteiger partial charge in [0.25, 0.3) is 5.69 Å². The average molecular weight is 420 g/mol. The molecule has 1 aromatic rings. The summed E-state index contributed by atoms with van der Waals surface area (Å²) < 4.78 is 10.4. The van der Waals surface area contributed by atoms with Crippen LogP contribution in [0.4, 0.5) is 5.69 Å². The van der Waals surface area contributed by atoms with Crippen LogP contribution in [0.5, 0.6) is 0 Å². The Bertz CT molecular complexity index is 818. The first-order valence-corrected chi connectivity index (χ1v) is 10.1. The lowest BCUT2D eigenvalue weighted by Crippen LogP contribution is -2.51. The number of nitro groups is 1. The van der Waals surface area contributed by atoms with Crippen LogP contribution in [0.2, 0.25) is 0 Å². The van der Waals surface area contributed by atoms with E-state index < -0.39 is 16.9 Å². The minimum Gasteiger partial charge on any atom is -0.460 e. The number of hydrogen-bond acceptors (Lipinski definition) is 6. The molecule has 2 aliphatic rings. The van der Waals surface area contributed by atoms with Crippen LogP contribution in [0.15, 0.2) is 35.5 Å². The van der Waals surface area contributed by atoms with Gasteiger partial charge in [0.2, 0.25) is 0 Å². The van der Waals surface area contributed by atoms with Crippen molar-refractivity contribution in [2.45, 2.75) is 44.7 Å². The first kappa shape index (κ1) is 21.2. The molecule has 1 aliphatic heterocycles. The second-order valence-electron chi connectivity index (χ2n) is 7.17. The molecule has 1 atom stereocenters. The zero-order valence-electron chi connectivity index (χ0n) is 16.6. The summed E-state index contributed by atoms with van der Waals surface area (Å²) in [5, 5.41) is 14.8. The van der Waals surface area contributed by atoms with Crippen molar-refractivity contribution in [1.82, 2.24) is 10.2 Å². The summed E-state index contributed by atoms with van der Waals surface area (Å²) in [7, 11) is 1.54. The molecular weight excluding hydrogens is 394 g/mol. The molecule has 3 rings (SSSR count). The van der Waals surface area contributed by atoms with Crippen molar-refractivity contribution >= 4 is 29.0 Å². The Kier molecular flexibility index (Phi) is 6.81. The number of esters is 1. The molecule has 8 nitrogen and oxygen atoms in total. The Balaban J connectivity index is 1.97. The molecule has 1 fully saturated rings. The summed E-state index contributed by atoms with van der Waals surface area (Å²) in [5.41, 5.74) is 1.94. The van der Waals surface area contributed by atoms with E-state index in [9.17, 15) is 14.9 Å². The van der Waals surface area contributed by atoms with Crippen LogP contribution in [-0.2, 0) is 14.3 Å². The van der Waals surface area contributed by atoms with E-state index in [1.807, 2.05) is 11.8 Å². The number of nitrogens with zero attached hydrogens (tertiary/aromatic N) is 2. The molecule has 1 aliphatic carbocycles. The number of hydrogen-bond donors (Lipinski definition) is 1. The lowest BCUT2D eigenvalue weighted by Gasteiger charge is -2.40. The number of benzene rings is 1. The zero-order chi connectivity index (χ0) is 21.0. The number of thiocarbonyl (C=S) groups is 1. The summed E-state index contributed by atoms with van der Waals surface area (Å²) in [6.07, 6.45) is 4.31. The number of non-ortho nitro benzene ring substituents is 1. The molecule has 0 radical (unpaired) electrons. The minimum absolute atomic E-state index is 0.00959. The van der Waals surface area contributed by atoms with Crippen molar-refractivity contribution in [2.24, 2.45) is 0 Å². The van der Waals surface area contributed by atoms with Gasteiger partial charge >= 0.3 is 5.97 Å². The molecule has 1 heterocycles. The van der Waals surface area contributed by atoms with Crippen LogP contribution < -0.4 is 5.32 Å². The van der Waals surface area contributed by atoms with Crippen molar-refractivity contribution in [3.63, 3.8) is 0 Å². The number of carbonyl (C=O) groups excluding carboxylic acids is 1. The Morgan fingerprint density at radius 2 is 1.93 bits per heavy atom. The van der Waals surface area contributed by atoms with E-state index in [-0.39, 0.29) is 18.3 Å². The fourth-order valence-electron chi connectivity index (χ4n) is 3.96. The van der Waals surface area contributed by atoms with Crippen molar-refractivity contribution in [3.8, 4) is 0 Å². The van der Waals surface area contributed by atoms with Crippen molar-refractivity contribution in [2.75, 3.05) is 20.3 Å². The number of nitro benzene ring substituents is 1. The predicted octanol–water partition coefficient (Wildman–Crippen LogP) is 3.23. The van der Waals surface area contributed by atoms with Crippen LogP contribution in [0.3, 0.4) is 0 Å². The number of allylic oxidation sites excluding steroid dienone is 1. The Morgan fingerprint density at radius 1 is 1.28 bits per heavy atom. The summed E-state index contributed by atoms with van der Waals surface area (Å²) in [6, 6.07) is 5.85. The van der Waals surface area contributed by atoms with E-state index in [4.69, 9.17) is 21.7 Å². The number of nitrogens with one attached hydrogen (secondary N) is 1. The molecule has 0 amide bonds. The molecule has 0 saturated heterocycles. The maximum Gasteiger partial charge on any atom is 0.338 e. The van der Waals surface area contributed by atoms with E-state index in [0.717, 1.165) is 31.4 Å². The molecule has 1 N–H and O–H groups in total. The summed E-state index contributed by atoms with van der Waals surface area (Å²) in [6.45, 7) is 2.34. The monoisotopic (exact) mass is 419 g/mol. The molecule has 0 bridgehead atoms. The van der Waals surface area contributed by atoms with Gasteiger partial charge in [-0.15, -0.1) is 0 Å². The third-order valence-corrected chi connectivity index (χ3v) is 5.71. The van der Waals surface area contributed by atoms with Crippen molar-refractivity contribution in [1.29, 1.82) is 0 Å². The Hall–Kier alpha value is -2.52. The smallest absolute Gasteiger partial charge is 0.338 e. The highest BCUT2D eigenvalue weighted by Gasteiger charge is 2.38. The van der Waals surface area contributed by atoms with Gasteiger partial charge in [0, 0.05) is 31.0 Å². The molecule has 9 heteroatoms. The van der Waals surface area contributed by atoms with Gasteiger partial charge in [-0.25, -0.2) is 4.79 Å². The average Bonchev–Trinajstić information content (AvgIpc) is 3.22. The van der Waals surface area contributed by atoms with Crippen LogP contribution >= 0.6 is 12.2 Å². The summed E-state index contributed by atoms with van der Waals surface area (Å²) >= 11 is 5.63. The number of methoxy groups -OCH3 is 1. The third-order valence-electron chi connectivity index (χ3n) is 5.39. The largest absolute Gasteiger partial charge is 0.460 e. The van der Waals surface area contributed by atoms with E-state index in [1.165, 1.54) is 12.1 Å². The van der Waals surface area contributed by atoms with Crippen LogP contribution in [0, 0.1) is 10.1 Å². The molecule has 0 unspecified atom stereocenters. The van der Waals surface area contributed by atoms with Crippen LogP contribution in [0.25, 0.3) is 0 Å². The maximum atomic E-state index is 13.0. The second kappa shape index (κ2) is 9.32. The fourth-order valence-corrected chi connectivity index (χ4v) is 4.36. The topological polar surface area (TPSA) is 93.9 Å². The lowest BCUT2D eigenvalue weighted by molar-refractivity contribution is -0.384. The molecule has 1 aromatic carbocycles. The molecule has 29 heavy (non-hydrogen) atoms. The Morgan fingerprint density at radius 3 is 2.52 bits per heavy atom. The predicted molar refractivity (Wildman–Crippen MR) is 111 cm³/mol. The number of carbonyl (C=O) groups is 1. The van der Waals surface area contributed by atoms with Crippen molar-refractivity contribution in [3.05, 3.63) is 51.2 Å². The second-order valence-corrected chi connectivity index (χ2v) is 7.55. The van der Waals surface area contributed by atoms with Gasteiger partial charge in [0.1, 0.15) is 6.61 Å².